The number of nitrogens with two attached hydrogens (primary N) is 1. The number of anilines is 1. The lowest BCUT2D eigenvalue weighted by Crippen LogP contribution is -2.40. The number of nitrogens with zero attached hydrogens (tertiary/aromatic N) is 1. The third-order valence-electron chi connectivity index (χ3n) is 4.46. The number of nitrogens with one attached hydrogen (secondary N) is 1. The maximum Gasteiger partial charge on any atom is 0.416 e. The molecule has 0 spiro atoms. The largest absolute Gasteiger partial charge is 0.462 e. The van der Waals surface area contributed by atoms with E-state index in [1.54, 1.807) is 32.6 Å². The van der Waals surface area contributed by atoms with Crippen molar-refractivity contribution in [3.63, 3.8) is 0 Å². The molecule has 30 heavy (non-hydrogen) atoms. The molecule has 1 saturated heterocycles. The van der Waals surface area contributed by atoms with E-state index < -0.39 is 29.4 Å². The summed E-state index contributed by atoms with van der Waals surface area (Å²) in [4.78, 5) is 25.6. The summed E-state index contributed by atoms with van der Waals surface area (Å²) in [6, 6.07) is 1.68. The summed E-state index contributed by atoms with van der Waals surface area (Å²) < 4.78 is 50.8. The molecule has 0 aromatic heterocycles. The number of esters is 1. The number of ether oxygens (including phenoxy) is 2. The van der Waals surface area contributed by atoms with Crippen molar-refractivity contribution in [3.05, 3.63) is 28.8 Å². The van der Waals surface area contributed by atoms with E-state index in [2.05, 4.69) is 5.32 Å². The minimum absolute atomic E-state index is 0.0192. The molecule has 2 rings (SSSR count). The van der Waals surface area contributed by atoms with Crippen LogP contribution in [0.3, 0.4) is 0 Å². The topological polar surface area (TPSA) is 93.9 Å². The number of carbonyl (C=O) groups is 2. The van der Waals surface area contributed by atoms with Gasteiger partial charge < -0.3 is 20.5 Å². The summed E-state index contributed by atoms with van der Waals surface area (Å²) >= 11 is 0. The Hall–Kier alpha value is -2.49. The highest BCUT2D eigenvalue weighted by molar-refractivity contribution is 5.95. The van der Waals surface area contributed by atoms with Crippen molar-refractivity contribution in [2.45, 2.75) is 58.5 Å². The lowest BCUT2D eigenvalue weighted by Gasteiger charge is -2.23. The predicted molar refractivity (Wildman–Crippen MR) is 105 cm³/mol. The van der Waals surface area contributed by atoms with Crippen molar-refractivity contribution < 1.29 is 32.2 Å². The zero-order valence-corrected chi connectivity index (χ0v) is 17.6. The fourth-order valence-corrected chi connectivity index (χ4v) is 3.25. The highest BCUT2D eigenvalue weighted by atomic mass is 19.4. The second-order valence-electron chi connectivity index (χ2n) is 8.18. The van der Waals surface area contributed by atoms with Gasteiger partial charge in [-0.3, -0.25) is 4.90 Å². The summed E-state index contributed by atoms with van der Waals surface area (Å²) in [5.74, 6) is -0.894. The Morgan fingerprint density at radius 2 is 1.93 bits per heavy atom. The Morgan fingerprint density at radius 3 is 2.50 bits per heavy atom. The molecule has 7 nitrogen and oxygen atoms in total. The van der Waals surface area contributed by atoms with Crippen molar-refractivity contribution in [2.24, 2.45) is 0 Å². The minimum Gasteiger partial charge on any atom is -0.462 e. The average molecular weight is 431 g/mol. The number of halogens is 3. The number of hydrogen-bond donors (Lipinski definition) is 2. The Bertz CT molecular complexity index is 791. The van der Waals surface area contributed by atoms with Crippen LogP contribution in [0.15, 0.2) is 12.1 Å². The fourth-order valence-electron chi connectivity index (χ4n) is 3.25. The van der Waals surface area contributed by atoms with Crippen LogP contribution in [0, 0.1) is 0 Å². The third kappa shape index (κ3) is 6.51. The van der Waals surface area contributed by atoms with Crippen LogP contribution in [0.4, 0.5) is 23.7 Å². The highest BCUT2D eigenvalue weighted by Crippen LogP contribution is 2.35. The number of benzene rings is 1. The second-order valence-corrected chi connectivity index (χ2v) is 8.18. The molecule has 10 heteroatoms. The lowest BCUT2D eigenvalue weighted by molar-refractivity contribution is -0.138. The third-order valence-corrected chi connectivity index (χ3v) is 4.46. The molecule has 1 amide bonds. The Balaban J connectivity index is 2.13. The van der Waals surface area contributed by atoms with E-state index in [1.165, 1.54) is 6.07 Å². The van der Waals surface area contributed by atoms with Gasteiger partial charge in [-0.15, -0.1) is 0 Å². The van der Waals surface area contributed by atoms with Crippen LogP contribution in [-0.4, -0.2) is 48.3 Å². The number of alkyl carbamates (subject to hydrolysis) is 1. The minimum atomic E-state index is -4.65. The van der Waals surface area contributed by atoms with Gasteiger partial charge in [0.1, 0.15) is 5.60 Å². The number of amides is 1. The van der Waals surface area contributed by atoms with Gasteiger partial charge >= 0.3 is 18.2 Å². The van der Waals surface area contributed by atoms with Crippen LogP contribution >= 0.6 is 0 Å². The number of hydrogen-bond acceptors (Lipinski definition) is 6. The van der Waals surface area contributed by atoms with Crippen LogP contribution in [0.1, 0.15) is 55.6 Å². The van der Waals surface area contributed by atoms with Crippen molar-refractivity contribution in [1.82, 2.24) is 10.2 Å². The van der Waals surface area contributed by atoms with Gasteiger partial charge in [0, 0.05) is 31.4 Å². The molecule has 0 saturated carbocycles. The molecule has 1 atom stereocenters. The van der Waals surface area contributed by atoms with E-state index in [4.69, 9.17) is 15.2 Å². The fraction of sp³-hybridized carbons (Fsp3) is 0.600. The van der Waals surface area contributed by atoms with Gasteiger partial charge in [-0.1, -0.05) is 0 Å². The number of carbonyl (C=O) groups excluding carboxylic acids is 2. The number of rotatable bonds is 5. The molecule has 1 aromatic carbocycles. The lowest BCUT2D eigenvalue weighted by atomic mass is 10.0. The van der Waals surface area contributed by atoms with E-state index in [-0.39, 0.29) is 36.0 Å². The van der Waals surface area contributed by atoms with E-state index >= 15 is 0 Å². The molecule has 1 heterocycles. The van der Waals surface area contributed by atoms with Gasteiger partial charge in [0.25, 0.3) is 0 Å². The van der Waals surface area contributed by atoms with E-state index in [0.717, 1.165) is 6.07 Å². The smallest absolute Gasteiger partial charge is 0.416 e. The van der Waals surface area contributed by atoms with Crippen LogP contribution in [0.5, 0.6) is 0 Å². The monoisotopic (exact) mass is 431 g/mol. The normalized spacial score (nSPS) is 17.6. The average Bonchev–Trinajstić information content (AvgIpc) is 2.98. The quantitative estimate of drug-likeness (QED) is 0.547. The molecule has 168 valence electrons. The predicted octanol–water partition coefficient (Wildman–Crippen LogP) is 3.56. The summed E-state index contributed by atoms with van der Waals surface area (Å²) in [6.07, 6.45) is -4.64. The van der Waals surface area contributed by atoms with Gasteiger partial charge in [0.15, 0.2) is 0 Å². The maximum atomic E-state index is 13.6. The molecule has 1 aromatic rings. The zero-order chi connectivity index (χ0) is 22.7. The van der Waals surface area contributed by atoms with Crippen LogP contribution in [0.2, 0.25) is 0 Å². The first-order chi connectivity index (χ1) is 13.8. The SMILES string of the molecule is CCOC(=O)c1cc(C(F)(F)F)c(CN2CCC(NC(=O)OC(C)(C)C)C2)cc1N. The molecule has 0 bridgehead atoms. The van der Waals surface area contributed by atoms with Gasteiger partial charge in [0.05, 0.1) is 17.7 Å². The molecule has 3 N–H and O–H groups in total. The van der Waals surface area contributed by atoms with Crippen molar-refractivity contribution in [3.8, 4) is 0 Å². The summed E-state index contributed by atoms with van der Waals surface area (Å²) in [6.45, 7) is 7.68. The standard InChI is InChI=1S/C20H28F3N3O4/c1-5-29-17(27)14-9-15(20(21,22)23)12(8-16(14)24)10-26-7-6-13(11-26)25-18(28)30-19(2,3)4/h8-9,13H,5-7,10-11,24H2,1-4H3,(H,25,28). The van der Waals surface area contributed by atoms with Crippen LogP contribution < -0.4 is 11.1 Å². The summed E-state index contributed by atoms with van der Waals surface area (Å²) in [5, 5.41) is 2.73. The maximum absolute atomic E-state index is 13.6. The van der Waals surface area contributed by atoms with E-state index in [0.29, 0.717) is 19.5 Å². The number of alkyl halides is 3. The van der Waals surface area contributed by atoms with Crippen LogP contribution in [-0.2, 0) is 22.2 Å². The van der Waals surface area contributed by atoms with Crippen molar-refractivity contribution in [1.29, 1.82) is 0 Å². The first-order valence-electron chi connectivity index (χ1n) is 9.68. The summed E-state index contributed by atoms with van der Waals surface area (Å²) in [7, 11) is 0. The van der Waals surface area contributed by atoms with Crippen molar-refractivity contribution >= 4 is 17.7 Å². The van der Waals surface area contributed by atoms with Gasteiger partial charge in [-0.05, 0) is 51.8 Å². The molecule has 1 fully saturated rings. The zero-order valence-electron chi connectivity index (χ0n) is 17.6. The van der Waals surface area contributed by atoms with Gasteiger partial charge in [-0.2, -0.15) is 13.2 Å². The Kier molecular flexibility index (Phi) is 7.23. The van der Waals surface area contributed by atoms with Gasteiger partial charge in [0.2, 0.25) is 0 Å². The van der Waals surface area contributed by atoms with E-state index in [1.807, 2.05) is 0 Å². The highest BCUT2D eigenvalue weighted by Gasteiger charge is 2.36. The first-order valence-corrected chi connectivity index (χ1v) is 9.68. The molecule has 1 aliphatic rings. The molecule has 1 aliphatic heterocycles. The second kappa shape index (κ2) is 9.11. The molecule has 1 unspecified atom stereocenters. The Labute approximate surface area is 173 Å². The molecule has 0 radical (unpaired) electrons. The van der Waals surface area contributed by atoms with Gasteiger partial charge in [-0.25, -0.2) is 9.59 Å². The van der Waals surface area contributed by atoms with Crippen molar-refractivity contribution in [2.75, 3.05) is 25.4 Å². The molecule has 0 aliphatic carbocycles. The number of likely N-dealkylation sites (tertiary alicyclic amines) is 1. The van der Waals surface area contributed by atoms with E-state index in [9.17, 15) is 22.8 Å². The summed E-state index contributed by atoms with van der Waals surface area (Å²) in [5.41, 5.74) is 3.85. The Morgan fingerprint density at radius 1 is 1.27 bits per heavy atom. The molecular formula is C20H28F3N3O4. The number of nitrogen functional groups attached to an aromatic ring is 1. The van der Waals surface area contributed by atoms with Crippen LogP contribution in [0.25, 0.3) is 0 Å². The first kappa shape index (κ1) is 23.8. The molecular weight excluding hydrogens is 403 g/mol.